The predicted octanol–water partition coefficient (Wildman–Crippen LogP) is 5.64. The minimum atomic E-state index is -0.294. The fraction of sp³-hybridized carbons (Fsp3) is 0.0909. The first-order valence-corrected chi connectivity index (χ1v) is 9.34. The molecule has 0 heterocycles. The number of rotatable bonds is 6. The molecular formula is C22H18Cl2N2O2. The zero-order chi connectivity index (χ0) is 19.9. The van der Waals surface area contributed by atoms with Crippen molar-refractivity contribution in [2.45, 2.75) is 13.5 Å². The molecule has 0 bridgehead atoms. The molecule has 0 radical (unpaired) electrons. The van der Waals surface area contributed by atoms with Crippen molar-refractivity contribution >= 4 is 35.3 Å². The molecule has 142 valence electrons. The second kappa shape index (κ2) is 9.40. The SMILES string of the molecule is Cc1ccccc1C=NNC(=O)c1ccc(OCc2ccc(Cl)cc2Cl)cc1. The van der Waals surface area contributed by atoms with Gasteiger partial charge in [0, 0.05) is 21.2 Å². The lowest BCUT2D eigenvalue weighted by Gasteiger charge is -2.08. The Balaban J connectivity index is 1.56. The summed E-state index contributed by atoms with van der Waals surface area (Å²) < 4.78 is 5.71. The van der Waals surface area contributed by atoms with Crippen LogP contribution >= 0.6 is 23.2 Å². The zero-order valence-electron chi connectivity index (χ0n) is 15.2. The summed E-state index contributed by atoms with van der Waals surface area (Å²) in [6.45, 7) is 2.29. The normalized spacial score (nSPS) is 10.8. The molecule has 0 saturated heterocycles. The van der Waals surface area contributed by atoms with Crippen LogP contribution in [0, 0.1) is 6.92 Å². The van der Waals surface area contributed by atoms with Crippen LogP contribution in [0.1, 0.15) is 27.0 Å². The fourth-order valence-electron chi connectivity index (χ4n) is 2.46. The van der Waals surface area contributed by atoms with Gasteiger partial charge < -0.3 is 4.74 Å². The van der Waals surface area contributed by atoms with E-state index in [2.05, 4.69) is 10.5 Å². The summed E-state index contributed by atoms with van der Waals surface area (Å²) in [5.41, 5.74) is 5.88. The summed E-state index contributed by atoms with van der Waals surface area (Å²) in [4.78, 5) is 12.2. The van der Waals surface area contributed by atoms with Gasteiger partial charge >= 0.3 is 0 Å². The number of carbonyl (C=O) groups excluding carboxylic acids is 1. The van der Waals surface area contributed by atoms with Gasteiger partial charge in [-0.3, -0.25) is 4.79 Å². The van der Waals surface area contributed by atoms with Gasteiger partial charge in [-0.1, -0.05) is 53.5 Å². The quantitative estimate of drug-likeness (QED) is 0.420. The molecule has 1 amide bonds. The molecule has 0 aliphatic rings. The number of carbonyl (C=O) groups is 1. The largest absolute Gasteiger partial charge is 0.489 e. The van der Waals surface area contributed by atoms with Gasteiger partial charge in [0.05, 0.1) is 6.21 Å². The third-order valence-corrected chi connectivity index (χ3v) is 4.67. The Kier molecular flexibility index (Phi) is 6.69. The van der Waals surface area contributed by atoms with Crippen molar-refractivity contribution < 1.29 is 9.53 Å². The summed E-state index contributed by atoms with van der Waals surface area (Å²) in [6, 6.07) is 19.9. The van der Waals surface area contributed by atoms with Crippen LogP contribution in [0.25, 0.3) is 0 Å². The number of hydrazone groups is 1. The second-order valence-corrected chi connectivity index (χ2v) is 6.95. The van der Waals surface area contributed by atoms with Crippen LogP contribution in [-0.2, 0) is 6.61 Å². The van der Waals surface area contributed by atoms with E-state index in [-0.39, 0.29) is 5.91 Å². The lowest BCUT2D eigenvalue weighted by atomic mass is 10.1. The molecule has 3 rings (SSSR count). The van der Waals surface area contributed by atoms with Crippen molar-refractivity contribution in [2.24, 2.45) is 5.10 Å². The molecule has 4 nitrogen and oxygen atoms in total. The van der Waals surface area contributed by atoms with Gasteiger partial charge in [-0.15, -0.1) is 0 Å². The number of hydrogen-bond donors (Lipinski definition) is 1. The van der Waals surface area contributed by atoms with Gasteiger partial charge in [0.25, 0.3) is 5.91 Å². The van der Waals surface area contributed by atoms with Crippen molar-refractivity contribution in [3.05, 3.63) is 99.0 Å². The molecule has 0 fully saturated rings. The Morgan fingerprint density at radius 1 is 1.07 bits per heavy atom. The van der Waals surface area contributed by atoms with Crippen LogP contribution < -0.4 is 10.2 Å². The molecule has 3 aromatic carbocycles. The minimum Gasteiger partial charge on any atom is -0.489 e. The number of halogens is 2. The topological polar surface area (TPSA) is 50.7 Å². The summed E-state index contributed by atoms with van der Waals surface area (Å²) >= 11 is 12.0. The van der Waals surface area contributed by atoms with Gasteiger partial charge in [0.2, 0.25) is 0 Å². The Bertz CT molecular complexity index is 1000. The number of amides is 1. The van der Waals surface area contributed by atoms with Gasteiger partial charge in [0.15, 0.2) is 0 Å². The maximum absolute atomic E-state index is 12.2. The van der Waals surface area contributed by atoms with Crippen LogP contribution in [-0.4, -0.2) is 12.1 Å². The van der Waals surface area contributed by atoms with Crippen LogP contribution in [0.5, 0.6) is 5.75 Å². The summed E-state index contributed by atoms with van der Waals surface area (Å²) in [5, 5.41) is 5.14. The highest BCUT2D eigenvalue weighted by Gasteiger charge is 2.06. The van der Waals surface area contributed by atoms with Gasteiger partial charge in [-0.25, -0.2) is 5.43 Å². The molecule has 0 unspecified atom stereocenters. The number of ether oxygens (including phenoxy) is 1. The number of aryl methyl sites for hydroxylation is 1. The number of hydrogen-bond acceptors (Lipinski definition) is 3. The molecule has 0 aliphatic carbocycles. The first-order chi connectivity index (χ1) is 13.5. The molecule has 3 aromatic rings. The van der Waals surface area contributed by atoms with Crippen LogP contribution in [0.4, 0.5) is 0 Å². The lowest BCUT2D eigenvalue weighted by Crippen LogP contribution is -2.17. The van der Waals surface area contributed by atoms with Crippen molar-refractivity contribution in [1.29, 1.82) is 0 Å². The zero-order valence-corrected chi connectivity index (χ0v) is 16.7. The average Bonchev–Trinajstić information content (AvgIpc) is 2.69. The molecule has 0 atom stereocenters. The van der Waals surface area contributed by atoms with E-state index in [0.29, 0.717) is 28.0 Å². The molecule has 1 N–H and O–H groups in total. The highest BCUT2D eigenvalue weighted by molar-refractivity contribution is 6.35. The van der Waals surface area contributed by atoms with Crippen molar-refractivity contribution in [2.75, 3.05) is 0 Å². The highest BCUT2D eigenvalue weighted by Crippen LogP contribution is 2.23. The van der Waals surface area contributed by atoms with Crippen LogP contribution in [0.3, 0.4) is 0 Å². The maximum Gasteiger partial charge on any atom is 0.271 e. The average molecular weight is 413 g/mol. The van der Waals surface area contributed by atoms with Gasteiger partial charge in [-0.05, 0) is 54.4 Å². The highest BCUT2D eigenvalue weighted by atomic mass is 35.5. The minimum absolute atomic E-state index is 0.294. The molecule has 0 aliphatic heterocycles. The van der Waals surface area contributed by atoms with Crippen LogP contribution in [0.15, 0.2) is 71.8 Å². The van der Waals surface area contributed by atoms with Crippen molar-refractivity contribution in [1.82, 2.24) is 5.43 Å². The summed E-state index contributed by atoms with van der Waals surface area (Å²) in [7, 11) is 0. The summed E-state index contributed by atoms with van der Waals surface area (Å²) in [6.07, 6.45) is 1.63. The van der Waals surface area contributed by atoms with E-state index in [1.807, 2.05) is 37.3 Å². The first-order valence-electron chi connectivity index (χ1n) is 8.59. The Hall–Kier alpha value is -2.82. The monoisotopic (exact) mass is 412 g/mol. The smallest absolute Gasteiger partial charge is 0.271 e. The standard InChI is InChI=1S/C22H18Cl2N2O2/c1-15-4-2-3-5-17(15)13-25-26-22(27)16-7-10-20(11-8-16)28-14-18-6-9-19(23)12-21(18)24/h2-13H,14H2,1H3,(H,26,27). The van der Waals surface area contributed by atoms with Crippen LogP contribution in [0.2, 0.25) is 10.0 Å². The second-order valence-electron chi connectivity index (χ2n) is 6.10. The number of benzene rings is 3. The lowest BCUT2D eigenvalue weighted by molar-refractivity contribution is 0.0955. The van der Waals surface area contributed by atoms with Gasteiger partial charge in [0.1, 0.15) is 12.4 Å². The Labute approximate surface area is 173 Å². The first kappa shape index (κ1) is 19.9. The number of nitrogens with one attached hydrogen (secondary N) is 1. The van der Waals surface area contributed by atoms with E-state index in [4.69, 9.17) is 27.9 Å². The third-order valence-electron chi connectivity index (χ3n) is 4.08. The summed E-state index contributed by atoms with van der Waals surface area (Å²) in [5.74, 6) is 0.336. The molecule has 28 heavy (non-hydrogen) atoms. The predicted molar refractivity (Wildman–Crippen MR) is 113 cm³/mol. The van der Waals surface area contributed by atoms with E-state index >= 15 is 0 Å². The van der Waals surface area contributed by atoms with Crippen molar-refractivity contribution in [3.8, 4) is 5.75 Å². The van der Waals surface area contributed by atoms with E-state index in [1.165, 1.54) is 0 Å². The Morgan fingerprint density at radius 2 is 1.82 bits per heavy atom. The molecule has 0 saturated carbocycles. The van der Waals surface area contributed by atoms with E-state index in [1.54, 1.807) is 42.6 Å². The van der Waals surface area contributed by atoms with E-state index < -0.39 is 0 Å². The fourth-order valence-corrected chi connectivity index (χ4v) is 2.92. The van der Waals surface area contributed by atoms with E-state index in [0.717, 1.165) is 16.7 Å². The third kappa shape index (κ3) is 5.35. The maximum atomic E-state index is 12.2. The van der Waals surface area contributed by atoms with E-state index in [9.17, 15) is 4.79 Å². The molecule has 0 spiro atoms. The molecular weight excluding hydrogens is 395 g/mol. The van der Waals surface area contributed by atoms with Crippen molar-refractivity contribution in [3.63, 3.8) is 0 Å². The van der Waals surface area contributed by atoms with Gasteiger partial charge in [-0.2, -0.15) is 5.10 Å². The molecule has 6 heteroatoms. The Morgan fingerprint density at radius 3 is 2.54 bits per heavy atom. The molecule has 0 aromatic heterocycles. The number of nitrogens with zero attached hydrogens (tertiary/aromatic N) is 1.